The molecular formula is C15H16ClN3O3. The Bertz CT molecular complexity index is 619. The number of carboxylic acid groups (broad SMARTS) is 1. The molecule has 1 fully saturated rings. The second-order valence-electron chi connectivity index (χ2n) is 5.29. The first-order valence-corrected chi connectivity index (χ1v) is 7.37. The number of amides is 2. The van der Waals surface area contributed by atoms with E-state index in [9.17, 15) is 9.59 Å². The summed E-state index contributed by atoms with van der Waals surface area (Å²) in [5.41, 5.74) is 0.848. The highest BCUT2D eigenvalue weighted by Crippen LogP contribution is 2.24. The van der Waals surface area contributed by atoms with Crippen LogP contribution in [-0.2, 0) is 4.79 Å². The molecule has 0 aromatic heterocycles. The Morgan fingerprint density at radius 2 is 1.95 bits per heavy atom. The summed E-state index contributed by atoms with van der Waals surface area (Å²) in [6.07, 6.45) is 2.45. The topological polar surface area (TPSA) is 102 Å². The molecule has 0 unspecified atom stereocenters. The Balaban J connectivity index is 1.85. The molecule has 6 nitrogen and oxygen atoms in total. The lowest BCUT2D eigenvalue weighted by molar-refractivity contribution is -0.142. The summed E-state index contributed by atoms with van der Waals surface area (Å²) >= 11 is 5.90. The number of nitriles is 1. The number of carboxylic acids is 1. The molecule has 0 heterocycles. The van der Waals surface area contributed by atoms with Crippen LogP contribution in [0, 0.1) is 17.2 Å². The van der Waals surface area contributed by atoms with Crippen molar-refractivity contribution in [2.45, 2.75) is 31.7 Å². The standard InChI is InChI=1S/C15H16ClN3O3/c16-13-7-12(6-3-10(13)8-17)19-15(22)18-11-4-1-9(2-5-11)14(20)21/h3,6-7,9,11H,1-2,4-5H2,(H,20,21)(H2,18,19,22). The van der Waals surface area contributed by atoms with Crippen molar-refractivity contribution < 1.29 is 14.7 Å². The number of urea groups is 1. The fourth-order valence-corrected chi connectivity index (χ4v) is 2.74. The van der Waals surface area contributed by atoms with Gasteiger partial charge >= 0.3 is 12.0 Å². The third kappa shape index (κ3) is 4.12. The molecule has 116 valence electrons. The number of rotatable bonds is 3. The zero-order chi connectivity index (χ0) is 16.1. The van der Waals surface area contributed by atoms with E-state index in [0.717, 1.165) is 0 Å². The third-order valence-electron chi connectivity index (χ3n) is 3.76. The maximum absolute atomic E-state index is 11.9. The van der Waals surface area contributed by atoms with Crippen molar-refractivity contribution in [3.63, 3.8) is 0 Å². The van der Waals surface area contributed by atoms with Crippen LogP contribution in [0.1, 0.15) is 31.2 Å². The van der Waals surface area contributed by atoms with Crippen molar-refractivity contribution in [3.8, 4) is 6.07 Å². The van der Waals surface area contributed by atoms with E-state index in [1.54, 1.807) is 6.07 Å². The zero-order valence-electron chi connectivity index (χ0n) is 11.8. The zero-order valence-corrected chi connectivity index (χ0v) is 12.6. The number of halogens is 1. The van der Waals surface area contributed by atoms with Gasteiger partial charge in [0, 0.05) is 11.7 Å². The van der Waals surface area contributed by atoms with Crippen molar-refractivity contribution >= 4 is 29.3 Å². The summed E-state index contributed by atoms with van der Waals surface area (Å²) in [5.74, 6) is -1.08. The van der Waals surface area contributed by atoms with Gasteiger partial charge in [-0.05, 0) is 43.9 Å². The maximum Gasteiger partial charge on any atom is 0.319 e. The summed E-state index contributed by atoms with van der Waals surface area (Å²) in [7, 11) is 0. The lowest BCUT2D eigenvalue weighted by Crippen LogP contribution is -2.40. The molecule has 1 aliphatic carbocycles. The lowest BCUT2D eigenvalue weighted by atomic mass is 9.86. The molecular weight excluding hydrogens is 306 g/mol. The molecule has 22 heavy (non-hydrogen) atoms. The lowest BCUT2D eigenvalue weighted by Gasteiger charge is -2.26. The fraction of sp³-hybridized carbons (Fsp3) is 0.400. The minimum absolute atomic E-state index is 0.0237. The van der Waals surface area contributed by atoms with E-state index in [-0.39, 0.29) is 23.0 Å². The van der Waals surface area contributed by atoms with Gasteiger partial charge in [0.2, 0.25) is 0 Å². The highest BCUT2D eigenvalue weighted by Gasteiger charge is 2.26. The van der Waals surface area contributed by atoms with E-state index >= 15 is 0 Å². The molecule has 0 radical (unpaired) electrons. The summed E-state index contributed by atoms with van der Waals surface area (Å²) in [6.45, 7) is 0. The minimum Gasteiger partial charge on any atom is -0.481 e. The van der Waals surface area contributed by atoms with Gasteiger partial charge in [-0.25, -0.2) is 4.79 Å². The van der Waals surface area contributed by atoms with Crippen LogP contribution in [0.2, 0.25) is 5.02 Å². The number of aliphatic carboxylic acids is 1. The SMILES string of the molecule is N#Cc1ccc(NC(=O)NC2CCC(C(=O)O)CC2)cc1Cl. The normalized spacial score (nSPS) is 20.7. The van der Waals surface area contributed by atoms with Crippen LogP contribution in [0.25, 0.3) is 0 Å². The van der Waals surface area contributed by atoms with Crippen LogP contribution in [0.3, 0.4) is 0 Å². The van der Waals surface area contributed by atoms with Gasteiger partial charge < -0.3 is 15.7 Å². The molecule has 2 amide bonds. The van der Waals surface area contributed by atoms with Crippen molar-refractivity contribution in [1.29, 1.82) is 5.26 Å². The van der Waals surface area contributed by atoms with Crippen molar-refractivity contribution in [3.05, 3.63) is 28.8 Å². The van der Waals surface area contributed by atoms with Gasteiger partial charge in [0.1, 0.15) is 6.07 Å². The van der Waals surface area contributed by atoms with Crippen molar-refractivity contribution in [2.24, 2.45) is 5.92 Å². The van der Waals surface area contributed by atoms with Gasteiger partial charge in [-0.1, -0.05) is 11.6 Å². The van der Waals surface area contributed by atoms with Crippen LogP contribution in [-0.4, -0.2) is 23.1 Å². The first-order valence-electron chi connectivity index (χ1n) is 6.99. The van der Waals surface area contributed by atoms with E-state index in [2.05, 4.69) is 10.6 Å². The van der Waals surface area contributed by atoms with E-state index in [4.69, 9.17) is 22.0 Å². The second-order valence-corrected chi connectivity index (χ2v) is 5.70. The molecule has 0 aliphatic heterocycles. The molecule has 7 heteroatoms. The highest BCUT2D eigenvalue weighted by atomic mass is 35.5. The summed E-state index contributed by atoms with van der Waals surface area (Å²) in [5, 5.41) is 23.5. The Labute approximate surface area is 133 Å². The number of hydrogen-bond donors (Lipinski definition) is 3. The second kappa shape index (κ2) is 7.14. The van der Waals surface area contributed by atoms with Gasteiger partial charge in [0.15, 0.2) is 0 Å². The molecule has 1 aliphatic rings. The highest BCUT2D eigenvalue weighted by molar-refractivity contribution is 6.32. The maximum atomic E-state index is 11.9. The predicted molar refractivity (Wildman–Crippen MR) is 81.7 cm³/mol. The largest absolute Gasteiger partial charge is 0.481 e. The predicted octanol–water partition coefficient (Wildman–Crippen LogP) is 2.98. The Kier molecular flexibility index (Phi) is 5.23. The number of benzene rings is 1. The van der Waals surface area contributed by atoms with Gasteiger partial charge in [-0.3, -0.25) is 4.79 Å². The van der Waals surface area contributed by atoms with E-state index < -0.39 is 5.97 Å². The molecule has 1 saturated carbocycles. The average Bonchev–Trinajstić information content (AvgIpc) is 2.48. The minimum atomic E-state index is -0.768. The van der Waals surface area contributed by atoms with Crippen LogP contribution < -0.4 is 10.6 Å². The Hall–Kier alpha value is -2.26. The summed E-state index contributed by atoms with van der Waals surface area (Å²) in [6, 6.07) is 6.22. The van der Waals surface area contributed by atoms with E-state index in [0.29, 0.717) is 36.9 Å². The molecule has 3 N–H and O–H groups in total. The first-order chi connectivity index (χ1) is 10.5. The molecule has 0 bridgehead atoms. The Morgan fingerprint density at radius 3 is 2.50 bits per heavy atom. The van der Waals surface area contributed by atoms with Gasteiger partial charge in [0.05, 0.1) is 16.5 Å². The number of anilines is 1. The third-order valence-corrected chi connectivity index (χ3v) is 4.07. The molecule has 2 rings (SSSR count). The monoisotopic (exact) mass is 321 g/mol. The summed E-state index contributed by atoms with van der Waals surface area (Å²) < 4.78 is 0. The quantitative estimate of drug-likeness (QED) is 0.796. The number of nitrogens with zero attached hydrogens (tertiary/aromatic N) is 1. The fourth-order valence-electron chi connectivity index (χ4n) is 2.52. The summed E-state index contributed by atoms with van der Waals surface area (Å²) in [4.78, 5) is 22.8. The van der Waals surface area contributed by atoms with Gasteiger partial charge in [0.25, 0.3) is 0 Å². The number of carbonyl (C=O) groups is 2. The Morgan fingerprint density at radius 1 is 1.27 bits per heavy atom. The average molecular weight is 322 g/mol. The molecule has 1 aromatic rings. The number of nitrogens with one attached hydrogen (secondary N) is 2. The first kappa shape index (κ1) is 16.1. The van der Waals surface area contributed by atoms with Crippen molar-refractivity contribution in [2.75, 3.05) is 5.32 Å². The van der Waals surface area contributed by atoms with E-state index in [1.165, 1.54) is 12.1 Å². The van der Waals surface area contributed by atoms with Gasteiger partial charge in [-0.2, -0.15) is 5.26 Å². The van der Waals surface area contributed by atoms with Crippen molar-refractivity contribution in [1.82, 2.24) is 5.32 Å². The van der Waals surface area contributed by atoms with Crippen LogP contribution >= 0.6 is 11.6 Å². The molecule has 0 atom stereocenters. The van der Waals surface area contributed by atoms with Crippen LogP contribution in [0.5, 0.6) is 0 Å². The molecule has 1 aromatic carbocycles. The smallest absolute Gasteiger partial charge is 0.319 e. The van der Waals surface area contributed by atoms with Crippen LogP contribution in [0.4, 0.5) is 10.5 Å². The van der Waals surface area contributed by atoms with Crippen LogP contribution in [0.15, 0.2) is 18.2 Å². The van der Waals surface area contributed by atoms with E-state index in [1.807, 2.05) is 6.07 Å². The van der Waals surface area contributed by atoms with Gasteiger partial charge in [-0.15, -0.1) is 0 Å². The number of hydrogen-bond acceptors (Lipinski definition) is 3. The molecule has 0 saturated heterocycles. The molecule has 0 spiro atoms. The number of carbonyl (C=O) groups excluding carboxylic acids is 1.